The zero-order valence-corrected chi connectivity index (χ0v) is 11.0. The average molecular weight is 246 g/mol. The molecule has 0 aromatic heterocycles. The third kappa shape index (κ3) is 3.57. The van der Waals surface area contributed by atoms with Crippen LogP contribution >= 0.6 is 0 Å². The van der Waals surface area contributed by atoms with Gasteiger partial charge in [-0.05, 0) is 44.8 Å². The van der Waals surface area contributed by atoms with E-state index in [9.17, 15) is 4.79 Å². The average Bonchev–Trinajstić information content (AvgIpc) is 2.67. The van der Waals surface area contributed by atoms with Gasteiger partial charge in [-0.25, -0.2) is 0 Å². The van der Waals surface area contributed by atoms with E-state index in [4.69, 9.17) is 0 Å². The Hall–Kier alpha value is -1.35. The molecule has 98 valence electrons. The Kier molecular flexibility index (Phi) is 4.76. The third-order valence-corrected chi connectivity index (χ3v) is 3.61. The van der Waals surface area contributed by atoms with Crippen LogP contribution in [0.25, 0.3) is 0 Å². The molecule has 0 aliphatic carbocycles. The molecular formula is C15H22N2O. The van der Waals surface area contributed by atoms with Crippen molar-refractivity contribution in [3.63, 3.8) is 0 Å². The predicted octanol–water partition coefficient (Wildman–Crippen LogP) is 2.05. The molecule has 1 aliphatic rings. The molecule has 1 amide bonds. The second-order valence-corrected chi connectivity index (χ2v) is 5.02. The smallest absolute Gasteiger partial charge is 0.227 e. The van der Waals surface area contributed by atoms with Crippen LogP contribution in [-0.4, -0.2) is 25.0 Å². The summed E-state index contributed by atoms with van der Waals surface area (Å²) in [6.07, 6.45) is 3.26. The van der Waals surface area contributed by atoms with Gasteiger partial charge in [-0.3, -0.25) is 4.79 Å². The van der Waals surface area contributed by atoms with Crippen LogP contribution in [0.15, 0.2) is 30.3 Å². The highest BCUT2D eigenvalue weighted by Crippen LogP contribution is 2.15. The third-order valence-electron chi connectivity index (χ3n) is 3.61. The summed E-state index contributed by atoms with van der Waals surface area (Å²) in [5, 5.41) is 6.54. The number of amides is 1. The van der Waals surface area contributed by atoms with Crippen molar-refractivity contribution in [1.82, 2.24) is 10.6 Å². The van der Waals surface area contributed by atoms with Crippen LogP contribution in [0.3, 0.4) is 0 Å². The summed E-state index contributed by atoms with van der Waals surface area (Å²) in [6, 6.07) is 10.3. The minimum atomic E-state index is -0.0672. The molecule has 1 fully saturated rings. The zero-order chi connectivity index (χ0) is 12.8. The van der Waals surface area contributed by atoms with Crippen molar-refractivity contribution in [2.24, 2.45) is 0 Å². The van der Waals surface area contributed by atoms with Gasteiger partial charge in [0.1, 0.15) is 0 Å². The SMILES string of the molecule is CC(C(=O)NC1CCCNCC1)c1ccccc1. The van der Waals surface area contributed by atoms with Gasteiger partial charge in [0.25, 0.3) is 0 Å². The Labute approximate surface area is 109 Å². The van der Waals surface area contributed by atoms with Gasteiger partial charge in [-0.1, -0.05) is 30.3 Å². The van der Waals surface area contributed by atoms with Crippen LogP contribution in [0, 0.1) is 0 Å². The second-order valence-electron chi connectivity index (χ2n) is 5.02. The van der Waals surface area contributed by atoms with E-state index in [0.29, 0.717) is 6.04 Å². The van der Waals surface area contributed by atoms with E-state index in [1.165, 1.54) is 0 Å². The lowest BCUT2D eigenvalue weighted by molar-refractivity contribution is -0.123. The molecule has 18 heavy (non-hydrogen) atoms. The van der Waals surface area contributed by atoms with Gasteiger partial charge in [-0.15, -0.1) is 0 Å². The Morgan fingerprint density at radius 1 is 1.28 bits per heavy atom. The maximum Gasteiger partial charge on any atom is 0.227 e. The number of benzene rings is 1. The quantitative estimate of drug-likeness (QED) is 0.857. The van der Waals surface area contributed by atoms with E-state index in [1.54, 1.807) is 0 Å². The molecule has 3 nitrogen and oxygen atoms in total. The first kappa shape index (κ1) is 13.1. The summed E-state index contributed by atoms with van der Waals surface area (Å²) >= 11 is 0. The molecule has 1 aromatic carbocycles. The van der Waals surface area contributed by atoms with E-state index in [0.717, 1.165) is 37.9 Å². The summed E-state index contributed by atoms with van der Waals surface area (Å²) in [4.78, 5) is 12.2. The van der Waals surface area contributed by atoms with Crippen molar-refractivity contribution in [1.29, 1.82) is 0 Å². The zero-order valence-electron chi connectivity index (χ0n) is 11.0. The molecule has 0 bridgehead atoms. The molecule has 2 N–H and O–H groups in total. The van der Waals surface area contributed by atoms with Crippen molar-refractivity contribution in [3.05, 3.63) is 35.9 Å². The number of carbonyl (C=O) groups is 1. The van der Waals surface area contributed by atoms with Gasteiger partial charge >= 0.3 is 0 Å². The second kappa shape index (κ2) is 6.55. The van der Waals surface area contributed by atoms with Crippen LogP contribution in [0.4, 0.5) is 0 Å². The summed E-state index contributed by atoms with van der Waals surface area (Å²) < 4.78 is 0. The van der Waals surface area contributed by atoms with E-state index in [1.807, 2.05) is 37.3 Å². The first-order chi connectivity index (χ1) is 8.77. The number of rotatable bonds is 3. The van der Waals surface area contributed by atoms with Crippen LogP contribution in [0.2, 0.25) is 0 Å². The van der Waals surface area contributed by atoms with Gasteiger partial charge in [0.2, 0.25) is 5.91 Å². The van der Waals surface area contributed by atoms with Gasteiger partial charge in [-0.2, -0.15) is 0 Å². The lowest BCUT2D eigenvalue weighted by atomic mass is 9.99. The molecule has 0 saturated carbocycles. The first-order valence-corrected chi connectivity index (χ1v) is 6.83. The Morgan fingerprint density at radius 2 is 2.06 bits per heavy atom. The van der Waals surface area contributed by atoms with Crippen LogP contribution in [-0.2, 0) is 4.79 Å². The molecule has 1 aromatic rings. The number of carbonyl (C=O) groups excluding carboxylic acids is 1. The normalized spacial score (nSPS) is 21.9. The Balaban J connectivity index is 1.90. The Morgan fingerprint density at radius 3 is 2.83 bits per heavy atom. The van der Waals surface area contributed by atoms with Gasteiger partial charge in [0.05, 0.1) is 5.92 Å². The molecule has 1 saturated heterocycles. The van der Waals surface area contributed by atoms with Crippen molar-refractivity contribution < 1.29 is 4.79 Å². The number of hydrogen-bond acceptors (Lipinski definition) is 2. The summed E-state index contributed by atoms with van der Waals surface area (Å²) in [6.45, 7) is 4.05. The van der Waals surface area contributed by atoms with Crippen LogP contribution in [0.5, 0.6) is 0 Å². The van der Waals surface area contributed by atoms with Crippen LogP contribution in [0.1, 0.15) is 37.7 Å². The summed E-state index contributed by atoms with van der Waals surface area (Å²) in [5.41, 5.74) is 1.08. The number of nitrogens with one attached hydrogen (secondary N) is 2. The highest BCUT2D eigenvalue weighted by atomic mass is 16.1. The molecule has 3 heteroatoms. The minimum absolute atomic E-state index is 0.0672. The maximum atomic E-state index is 12.2. The fourth-order valence-corrected chi connectivity index (χ4v) is 2.38. The highest BCUT2D eigenvalue weighted by Gasteiger charge is 2.19. The molecule has 1 heterocycles. The molecule has 1 aliphatic heterocycles. The fraction of sp³-hybridized carbons (Fsp3) is 0.533. The van der Waals surface area contributed by atoms with Gasteiger partial charge in [0.15, 0.2) is 0 Å². The largest absolute Gasteiger partial charge is 0.353 e. The van der Waals surface area contributed by atoms with Crippen molar-refractivity contribution in [2.45, 2.75) is 38.1 Å². The molecule has 2 atom stereocenters. The van der Waals surface area contributed by atoms with Crippen LogP contribution < -0.4 is 10.6 Å². The first-order valence-electron chi connectivity index (χ1n) is 6.83. The van der Waals surface area contributed by atoms with Crippen molar-refractivity contribution in [2.75, 3.05) is 13.1 Å². The van der Waals surface area contributed by atoms with Crippen molar-refractivity contribution >= 4 is 5.91 Å². The Bertz CT molecular complexity index is 369. The summed E-state index contributed by atoms with van der Waals surface area (Å²) in [5.74, 6) is 0.0792. The molecule has 0 radical (unpaired) electrons. The topological polar surface area (TPSA) is 41.1 Å². The lowest BCUT2D eigenvalue weighted by Crippen LogP contribution is -2.37. The standard InChI is InChI=1S/C15H22N2O/c1-12(13-6-3-2-4-7-13)15(18)17-14-8-5-10-16-11-9-14/h2-4,6-7,12,14,16H,5,8-11H2,1H3,(H,17,18). The fourth-order valence-electron chi connectivity index (χ4n) is 2.38. The highest BCUT2D eigenvalue weighted by molar-refractivity contribution is 5.83. The van der Waals surface area contributed by atoms with E-state index in [-0.39, 0.29) is 11.8 Å². The molecule has 0 spiro atoms. The van der Waals surface area contributed by atoms with Crippen molar-refractivity contribution in [3.8, 4) is 0 Å². The monoisotopic (exact) mass is 246 g/mol. The maximum absolute atomic E-state index is 12.2. The number of hydrogen-bond donors (Lipinski definition) is 2. The predicted molar refractivity (Wildman–Crippen MR) is 73.5 cm³/mol. The molecular weight excluding hydrogens is 224 g/mol. The molecule has 2 unspecified atom stereocenters. The summed E-state index contributed by atoms with van der Waals surface area (Å²) in [7, 11) is 0. The van der Waals surface area contributed by atoms with E-state index in [2.05, 4.69) is 10.6 Å². The van der Waals surface area contributed by atoms with Gasteiger partial charge in [0, 0.05) is 6.04 Å². The lowest BCUT2D eigenvalue weighted by Gasteiger charge is -2.19. The van der Waals surface area contributed by atoms with Gasteiger partial charge < -0.3 is 10.6 Å². The van der Waals surface area contributed by atoms with E-state index < -0.39 is 0 Å². The van der Waals surface area contributed by atoms with E-state index >= 15 is 0 Å². The minimum Gasteiger partial charge on any atom is -0.353 e. The molecule has 2 rings (SSSR count).